The van der Waals surface area contributed by atoms with Gasteiger partial charge in [0.2, 0.25) is 0 Å². The predicted octanol–water partition coefficient (Wildman–Crippen LogP) is 2.61. The quantitative estimate of drug-likeness (QED) is 0.792. The summed E-state index contributed by atoms with van der Waals surface area (Å²) in [7, 11) is 0. The molecule has 0 bridgehead atoms. The van der Waals surface area contributed by atoms with Crippen LogP contribution in [-0.2, 0) is 0 Å². The molecule has 0 amide bonds. The first-order chi connectivity index (χ1) is 6.64. The van der Waals surface area contributed by atoms with Gasteiger partial charge in [0.1, 0.15) is 0 Å². The lowest BCUT2D eigenvalue weighted by Gasteiger charge is -2.19. The third kappa shape index (κ3) is 3.71. The Hall–Kier alpha value is -1.15. The van der Waals surface area contributed by atoms with Gasteiger partial charge in [0.05, 0.1) is 0 Å². The van der Waals surface area contributed by atoms with Crippen LogP contribution in [0.4, 0.5) is 0 Å². The standard InChI is InChI=1S/C12H18N2/c1-3-12(2,13)8-4-6-11-7-5-9-14-10-11/h4-7,9-10H,3,8,13H2,1-2H3. The second-order valence-electron chi connectivity index (χ2n) is 3.90. The first-order valence-electron chi connectivity index (χ1n) is 4.99. The summed E-state index contributed by atoms with van der Waals surface area (Å²) in [5.41, 5.74) is 7.05. The highest BCUT2D eigenvalue weighted by Gasteiger charge is 2.12. The van der Waals surface area contributed by atoms with Crippen molar-refractivity contribution in [2.45, 2.75) is 32.2 Å². The van der Waals surface area contributed by atoms with Gasteiger partial charge in [-0.05, 0) is 31.4 Å². The largest absolute Gasteiger partial charge is 0.325 e. The van der Waals surface area contributed by atoms with Crippen LogP contribution >= 0.6 is 0 Å². The lowest BCUT2D eigenvalue weighted by Crippen LogP contribution is -2.34. The average Bonchev–Trinajstić information content (AvgIpc) is 2.19. The first-order valence-corrected chi connectivity index (χ1v) is 4.99. The van der Waals surface area contributed by atoms with Gasteiger partial charge in [0, 0.05) is 17.9 Å². The van der Waals surface area contributed by atoms with Crippen molar-refractivity contribution in [3.8, 4) is 0 Å². The summed E-state index contributed by atoms with van der Waals surface area (Å²) in [6, 6.07) is 3.96. The zero-order valence-electron chi connectivity index (χ0n) is 8.90. The Morgan fingerprint density at radius 3 is 2.93 bits per heavy atom. The van der Waals surface area contributed by atoms with E-state index in [-0.39, 0.29) is 5.54 Å². The van der Waals surface area contributed by atoms with Gasteiger partial charge in [-0.2, -0.15) is 0 Å². The van der Waals surface area contributed by atoms with Gasteiger partial charge in [-0.25, -0.2) is 0 Å². The van der Waals surface area contributed by atoms with Gasteiger partial charge in [-0.3, -0.25) is 4.98 Å². The molecule has 1 heterocycles. The number of nitrogens with zero attached hydrogens (tertiary/aromatic N) is 1. The van der Waals surface area contributed by atoms with Gasteiger partial charge >= 0.3 is 0 Å². The molecule has 0 aliphatic carbocycles. The fourth-order valence-electron chi connectivity index (χ4n) is 1.08. The van der Waals surface area contributed by atoms with Crippen molar-refractivity contribution in [1.29, 1.82) is 0 Å². The van der Waals surface area contributed by atoms with Crippen molar-refractivity contribution < 1.29 is 0 Å². The molecule has 0 aliphatic rings. The van der Waals surface area contributed by atoms with E-state index in [1.54, 1.807) is 6.20 Å². The molecular formula is C12H18N2. The highest BCUT2D eigenvalue weighted by molar-refractivity contribution is 5.47. The number of rotatable bonds is 4. The minimum absolute atomic E-state index is 0.0846. The highest BCUT2D eigenvalue weighted by atomic mass is 14.7. The molecule has 0 aliphatic heterocycles. The zero-order valence-corrected chi connectivity index (χ0v) is 8.90. The monoisotopic (exact) mass is 190 g/mol. The van der Waals surface area contributed by atoms with Crippen LogP contribution in [0.5, 0.6) is 0 Å². The topological polar surface area (TPSA) is 38.9 Å². The lowest BCUT2D eigenvalue weighted by molar-refractivity contribution is 0.459. The number of aromatic nitrogens is 1. The summed E-state index contributed by atoms with van der Waals surface area (Å²) in [6.07, 6.45) is 9.68. The van der Waals surface area contributed by atoms with Gasteiger partial charge in [0.25, 0.3) is 0 Å². The molecular weight excluding hydrogens is 172 g/mol. The van der Waals surface area contributed by atoms with E-state index in [0.29, 0.717) is 0 Å². The van der Waals surface area contributed by atoms with Crippen LogP contribution in [-0.4, -0.2) is 10.5 Å². The van der Waals surface area contributed by atoms with Crippen molar-refractivity contribution in [1.82, 2.24) is 4.98 Å². The predicted molar refractivity (Wildman–Crippen MR) is 60.8 cm³/mol. The second kappa shape index (κ2) is 4.91. The number of nitrogens with two attached hydrogens (primary N) is 1. The molecule has 0 saturated heterocycles. The molecule has 1 rings (SSSR count). The zero-order chi connectivity index (χ0) is 10.4. The SMILES string of the molecule is CCC(C)(N)CC=Cc1cccnc1. The molecule has 1 aromatic rings. The molecule has 2 N–H and O–H groups in total. The van der Waals surface area contributed by atoms with E-state index in [1.807, 2.05) is 18.3 Å². The van der Waals surface area contributed by atoms with Crippen molar-refractivity contribution in [2.75, 3.05) is 0 Å². The molecule has 0 saturated carbocycles. The lowest BCUT2D eigenvalue weighted by atomic mass is 9.96. The Kier molecular flexibility index (Phi) is 3.84. The molecule has 1 aromatic heterocycles. The summed E-state index contributed by atoms with van der Waals surface area (Å²) in [5, 5.41) is 0. The van der Waals surface area contributed by atoms with Crippen molar-refractivity contribution in [2.24, 2.45) is 5.73 Å². The average molecular weight is 190 g/mol. The summed E-state index contributed by atoms with van der Waals surface area (Å²) in [5.74, 6) is 0. The normalized spacial score (nSPS) is 15.6. The van der Waals surface area contributed by atoms with E-state index >= 15 is 0 Å². The Morgan fingerprint density at radius 1 is 1.57 bits per heavy atom. The van der Waals surface area contributed by atoms with Crippen LogP contribution in [0, 0.1) is 0 Å². The van der Waals surface area contributed by atoms with Gasteiger partial charge in [-0.1, -0.05) is 25.1 Å². The molecule has 1 unspecified atom stereocenters. The maximum Gasteiger partial charge on any atom is 0.0340 e. The molecule has 2 nitrogen and oxygen atoms in total. The molecule has 76 valence electrons. The second-order valence-corrected chi connectivity index (χ2v) is 3.90. The van der Waals surface area contributed by atoms with Crippen LogP contribution < -0.4 is 5.73 Å². The first kappa shape index (κ1) is 10.9. The molecule has 0 spiro atoms. The van der Waals surface area contributed by atoms with Gasteiger partial charge in [-0.15, -0.1) is 0 Å². The fraction of sp³-hybridized carbons (Fsp3) is 0.417. The smallest absolute Gasteiger partial charge is 0.0340 e. The Balaban J connectivity index is 2.50. The Morgan fingerprint density at radius 2 is 2.36 bits per heavy atom. The van der Waals surface area contributed by atoms with Crippen molar-refractivity contribution in [3.05, 3.63) is 36.2 Å². The van der Waals surface area contributed by atoms with Crippen LogP contribution in [0.15, 0.2) is 30.6 Å². The van der Waals surface area contributed by atoms with Crippen molar-refractivity contribution >= 4 is 6.08 Å². The van der Waals surface area contributed by atoms with E-state index in [2.05, 4.69) is 31.0 Å². The molecule has 2 heteroatoms. The van der Waals surface area contributed by atoms with Crippen LogP contribution in [0.3, 0.4) is 0 Å². The van der Waals surface area contributed by atoms with Gasteiger partial charge in [0.15, 0.2) is 0 Å². The molecule has 1 atom stereocenters. The van der Waals surface area contributed by atoms with Crippen molar-refractivity contribution in [3.63, 3.8) is 0 Å². The summed E-state index contributed by atoms with van der Waals surface area (Å²) in [4.78, 5) is 4.04. The number of hydrogen-bond donors (Lipinski definition) is 1. The van der Waals surface area contributed by atoms with E-state index in [9.17, 15) is 0 Å². The minimum Gasteiger partial charge on any atom is -0.325 e. The van der Waals surface area contributed by atoms with Crippen LogP contribution in [0.25, 0.3) is 6.08 Å². The summed E-state index contributed by atoms with van der Waals surface area (Å²) in [6.45, 7) is 4.18. The van der Waals surface area contributed by atoms with Gasteiger partial charge < -0.3 is 5.73 Å². The Labute approximate surface area is 85.9 Å². The fourth-order valence-corrected chi connectivity index (χ4v) is 1.08. The van der Waals surface area contributed by atoms with Crippen LogP contribution in [0.2, 0.25) is 0 Å². The maximum atomic E-state index is 6.01. The molecule has 14 heavy (non-hydrogen) atoms. The number of pyridine rings is 1. The molecule has 0 fully saturated rings. The van der Waals surface area contributed by atoms with E-state index in [0.717, 1.165) is 18.4 Å². The Bertz CT molecular complexity index is 288. The minimum atomic E-state index is -0.0846. The van der Waals surface area contributed by atoms with E-state index in [4.69, 9.17) is 5.73 Å². The molecule has 0 radical (unpaired) electrons. The number of hydrogen-bond acceptors (Lipinski definition) is 2. The maximum absolute atomic E-state index is 6.01. The summed E-state index contributed by atoms with van der Waals surface area (Å²) < 4.78 is 0. The summed E-state index contributed by atoms with van der Waals surface area (Å²) >= 11 is 0. The van der Waals surface area contributed by atoms with E-state index < -0.39 is 0 Å². The third-order valence-corrected chi connectivity index (χ3v) is 2.39. The third-order valence-electron chi connectivity index (χ3n) is 2.39. The van der Waals surface area contributed by atoms with E-state index in [1.165, 1.54) is 0 Å². The highest BCUT2D eigenvalue weighted by Crippen LogP contribution is 2.12. The van der Waals surface area contributed by atoms with Crippen LogP contribution in [0.1, 0.15) is 32.3 Å². The molecule has 0 aromatic carbocycles.